The summed E-state index contributed by atoms with van der Waals surface area (Å²) in [6, 6.07) is 12.2. The van der Waals surface area contributed by atoms with Crippen molar-refractivity contribution in [2.24, 2.45) is 0 Å². The van der Waals surface area contributed by atoms with Crippen LogP contribution in [0, 0.1) is 0 Å². The van der Waals surface area contributed by atoms with Crippen molar-refractivity contribution in [3.8, 4) is 0 Å². The molecule has 0 aromatic heterocycles. The Bertz CT molecular complexity index is 422. The van der Waals surface area contributed by atoms with Crippen LogP contribution in [0.25, 0.3) is 0 Å². The van der Waals surface area contributed by atoms with Crippen LogP contribution in [-0.4, -0.2) is 23.6 Å². The minimum absolute atomic E-state index is 0.407. The molecule has 1 aliphatic heterocycles. The monoisotopic (exact) mass is 272 g/mol. The summed E-state index contributed by atoms with van der Waals surface area (Å²) in [4.78, 5) is 0. The maximum atomic E-state index is 2.46. The van der Waals surface area contributed by atoms with E-state index < -0.39 is 0 Å². The second-order valence-electron chi connectivity index (χ2n) is 7.24. The van der Waals surface area contributed by atoms with Crippen molar-refractivity contribution in [2.75, 3.05) is 13.1 Å². The van der Waals surface area contributed by atoms with Crippen LogP contribution in [0.15, 0.2) is 30.3 Å². The van der Waals surface area contributed by atoms with Crippen LogP contribution in [0.4, 0.5) is 0 Å². The first kappa shape index (κ1) is 14.1. The number of hydrogen-bond donors (Lipinski definition) is 0. The molecule has 1 aliphatic carbocycles. The first-order valence-corrected chi connectivity index (χ1v) is 8.64. The highest BCUT2D eigenvalue weighted by Gasteiger charge is 2.54. The fourth-order valence-corrected chi connectivity index (χ4v) is 5.21. The molecular weight excluding hydrogens is 242 g/mol. The van der Waals surface area contributed by atoms with Gasteiger partial charge in [-0.3, -0.25) is 0 Å². The molecule has 1 heteroatoms. The summed E-state index contributed by atoms with van der Waals surface area (Å²) >= 11 is 0. The highest BCUT2D eigenvalue weighted by Crippen LogP contribution is 2.50. The predicted molar refractivity (Wildman–Crippen MR) is 85.6 cm³/mol. The minimum atomic E-state index is 0.407. The standard InChI is InChI=1S/C19H30N/c1-17(2)20(15-9-10-16-20)19(13-7-4-8-14-19)18-11-5-3-6-12-18/h3,5-6,11-12,17H,4,7-10,13-16H2,1-2H3/q+1. The lowest BCUT2D eigenvalue weighted by atomic mass is 9.73. The third-order valence-electron chi connectivity index (χ3n) is 6.20. The zero-order valence-electron chi connectivity index (χ0n) is 13.3. The largest absolute Gasteiger partial charge is 0.313 e. The maximum Gasteiger partial charge on any atom is 0.125 e. The van der Waals surface area contributed by atoms with Gasteiger partial charge in [0.2, 0.25) is 0 Å². The Labute approximate surface area is 124 Å². The Kier molecular flexibility index (Phi) is 3.90. The molecule has 1 saturated heterocycles. The van der Waals surface area contributed by atoms with Crippen molar-refractivity contribution < 1.29 is 4.48 Å². The van der Waals surface area contributed by atoms with Crippen molar-refractivity contribution in [1.82, 2.24) is 0 Å². The molecule has 3 rings (SSSR count). The molecule has 1 nitrogen and oxygen atoms in total. The van der Waals surface area contributed by atoms with E-state index in [0.717, 1.165) is 6.04 Å². The van der Waals surface area contributed by atoms with Crippen molar-refractivity contribution in [3.63, 3.8) is 0 Å². The number of hydrogen-bond acceptors (Lipinski definition) is 0. The number of rotatable bonds is 3. The van der Waals surface area contributed by atoms with Gasteiger partial charge in [-0.25, -0.2) is 0 Å². The third kappa shape index (κ3) is 2.02. The van der Waals surface area contributed by atoms with E-state index in [-0.39, 0.29) is 0 Å². The Morgan fingerprint density at radius 3 is 2.00 bits per heavy atom. The molecule has 0 radical (unpaired) electrons. The van der Waals surface area contributed by atoms with Gasteiger partial charge in [-0.15, -0.1) is 0 Å². The number of quaternary nitrogens is 1. The van der Waals surface area contributed by atoms with Gasteiger partial charge in [0.25, 0.3) is 0 Å². The highest BCUT2D eigenvalue weighted by atomic mass is 15.4. The van der Waals surface area contributed by atoms with E-state index in [1.807, 2.05) is 0 Å². The highest BCUT2D eigenvalue weighted by molar-refractivity contribution is 5.23. The van der Waals surface area contributed by atoms with Gasteiger partial charge in [0, 0.05) is 31.2 Å². The smallest absolute Gasteiger partial charge is 0.125 e. The average Bonchev–Trinajstić information content (AvgIpc) is 3.00. The molecule has 20 heavy (non-hydrogen) atoms. The fraction of sp³-hybridized carbons (Fsp3) is 0.684. The molecule has 0 atom stereocenters. The van der Waals surface area contributed by atoms with E-state index in [1.165, 1.54) is 62.5 Å². The molecule has 0 N–H and O–H groups in total. The fourth-order valence-electron chi connectivity index (χ4n) is 5.21. The molecule has 0 spiro atoms. The van der Waals surface area contributed by atoms with E-state index >= 15 is 0 Å². The number of benzene rings is 1. The Balaban J connectivity index is 2.10. The van der Waals surface area contributed by atoms with Crippen LogP contribution in [0.3, 0.4) is 0 Å². The summed E-state index contributed by atoms with van der Waals surface area (Å²) in [5.41, 5.74) is 2.03. The Morgan fingerprint density at radius 2 is 1.45 bits per heavy atom. The molecule has 1 heterocycles. The lowest BCUT2D eigenvalue weighted by Gasteiger charge is -2.56. The third-order valence-corrected chi connectivity index (χ3v) is 6.20. The molecule has 1 aromatic rings. The van der Waals surface area contributed by atoms with Gasteiger partial charge in [-0.1, -0.05) is 36.8 Å². The van der Waals surface area contributed by atoms with Gasteiger partial charge in [-0.05, 0) is 26.7 Å². The number of likely N-dealkylation sites (tertiary alicyclic amines) is 1. The van der Waals surface area contributed by atoms with Crippen LogP contribution < -0.4 is 0 Å². The van der Waals surface area contributed by atoms with E-state index in [9.17, 15) is 0 Å². The van der Waals surface area contributed by atoms with Gasteiger partial charge >= 0.3 is 0 Å². The summed E-state index contributed by atoms with van der Waals surface area (Å²) in [5, 5.41) is 0. The van der Waals surface area contributed by atoms with Gasteiger partial charge < -0.3 is 4.48 Å². The maximum absolute atomic E-state index is 2.46. The normalized spacial score (nSPS) is 24.9. The van der Waals surface area contributed by atoms with Crippen LogP contribution in [-0.2, 0) is 5.54 Å². The van der Waals surface area contributed by atoms with Gasteiger partial charge in [0.05, 0.1) is 19.1 Å². The molecule has 0 bridgehead atoms. The van der Waals surface area contributed by atoms with E-state index in [0.29, 0.717) is 5.54 Å². The molecule has 1 aromatic carbocycles. The Morgan fingerprint density at radius 1 is 0.850 bits per heavy atom. The van der Waals surface area contributed by atoms with Crippen molar-refractivity contribution in [3.05, 3.63) is 35.9 Å². The molecule has 110 valence electrons. The lowest BCUT2D eigenvalue weighted by molar-refractivity contribution is -0.994. The molecule has 0 unspecified atom stereocenters. The minimum Gasteiger partial charge on any atom is -0.313 e. The van der Waals surface area contributed by atoms with Crippen LogP contribution in [0.1, 0.15) is 64.4 Å². The summed E-state index contributed by atoms with van der Waals surface area (Å²) in [6.07, 6.45) is 9.92. The summed E-state index contributed by atoms with van der Waals surface area (Å²) < 4.78 is 1.36. The SMILES string of the molecule is CC(C)[N+]1(C2(c3ccccc3)CCCCC2)CCCC1. The van der Waals surface area contributed by atoms with E-state index in [2.05, 4.69) is 44.2 Å². The van der Waals surface area contributed by atoms with Crippen molar-refractivity contribution >= 4 is 0 Å². The Hall–Kier alpha value is -0.820. The van der Waals surface area contributed by atoms with E-state index in [4.69, 9.17) is 0 Å². The zero-order valence-corrected chi connectivity index (χ0v) is 13.3. The number of nitrogens with zero attached hydrogens (tertiary/aromatic N) is 1. The average molecular weight is 272 g/mol. The summed E-state index contributed by atoms with van der Waals surface area (Å²) in [7, 11) is 0. The van der Waals surface area contributed by atoms with Crippen molar-refractivity contribution in [2.45, 2.75) is 70.4 Å². The van der Waals surface area contributed by atoms with Crippen molar-refractivity contribution in [1.29, 1.82) is 0 Å². The second-order valence-corrected chi connectivity index (χ2v) is 7.24. The molecule has 1 saturated carbocycles. The van der Waals surface area contributed by atoms with Crippen LogP contribution in [0.2, 0.25) is 0 Å². The van der Waals surface area contributed by atoms with Gasteiger partial charge in [-0.2, -0.15) is 0 Å². The second kappa shape index (κ2) is 5.52. The molecular formula is C19H30N+. The topological polar surface area (TPSA) is 0 Å². The van der Waals surface area contributed by atoms with E-state index in [1.54, 1.807) is 5.56 Å². The van der Waals surface area contributed by atoms with Crippen LogP contribution >= 0.6 is 0 Å². The van der Waals surface area contributed by atoms with Gasteiger partial charge in [0.15, 0.2) is 0 Å². The molecule has 2 aliphatic rings. The van der Waals surface area contributed by atoms with Crippen LogP contribution in [0.5, 0.6) is 0 Å². The van der Waals surface area contributed by atoms with Gasteiger partial charge in [0.1, 0.15) is 5.54 Å². The summed E-state index contributed by atoms with van der Waals surface area (Å²) in [5.74, 6) is 0. The first-order chi connectivity index (χ1) is 9.71. The first-order valence-electron chi connectivity index (χ1n) is 8.64. The zero-order chi connectivity index (χ0) is 14.1. The quantitative estimate of drug-likeness (QED) is 0.689. The predicted octanol–water partition coefficient (Wildman–Crippen LogP) is 4.87. The molecule has 0 amide bonds. The summed E-state index contributed by atoms with van der Waals surface area (Å²) in [6.45, 7) is 7.72. The molecule has 2 fully saturated rings. The lowest BCUT2D eigenvalue weighted by Crippen LogP contribution is -2.64.